The maximum atomic E-state index is 12.5. The highest BCUT2D eigenvalue weighted by atomic mass is 16.6. The molecule has 1 heterocycles. The van der Waals surface area contributed by atoms with Crippen molar-refractivity contribution < 1.29 is 19.2 Å². The van der Waals surface area contributed by atoms with Crippen molar-refractivity contribution in [2.24, 2.45) is 5.92 Å². The summed E-state index contributed by atoms with van der Waals surface area (Å²) in [6.45, 7) is 5.47. The summed E-state index contributed by atoms with van der Waals surface area (Å²) in [6.07, 6.45) is 1.81. The molecular weight excluding hydrogens is 300 g/mol. The first-order valence-electron chi connectivity index (χ1n) is 7.61. The van der Waals surface area contributed by atoms with Gasteiger partial charge in [-0.3, -0.25) is 10.1 Å². The van der Waals surface area contributed by atoms with Gasteiger partial charge in [-0.05, 0) is 45.8 Å². The molecule has 23 heavy (non-hydrogen) atoms. The Hall–Kier alpha value is -2.15. The number of hydrogen-bond donors (Lipinski definition) is 1. The van der Waals surface area contributed by atoms with Crippen molar-refractivity contribution in [1.29, 1.82) is 0 Å². The number of piperidine rings is 1. The highest BCUT2D eigenvalue weighted by molar-refractivity contribution is 5.94. The van der Waals surface area contributed by atoms with Crippen molar-refractivity contribution in [2.45, 2.75) is 32.3 Å². The maximum Gasteiger partial charge on any atom is 0.345 e. The summed E-state index contributed by atoms with van der Waals surface area (Å²) in [4.78, 5) is 23.1. The SMILES string of the molecule is COc1ccc([N+](=O)[O-])c(C(=O)OC(C)(C)C2CCNCC2)c1. The molecule has 1 aromatic rings. The quantitative estimate of drug-likeness (QED) is 0.509. The number of rotatable bonds is 5. The second-order valence-corrected chi connectivity index (χ2v) is 6.16. The highest BCUT2D eigenvalue weighted by Crippen LogP contribution is 2.32. The molecule has 0 aromatic heterocycles. The van der Waals surface area contributed by atoms with Gasteiger partial charge in [-0.1, -0.05) is 0 Å². The molecule has 1 aliphatic rings. The average Bonchev–Trinajstić information content (AvgIpc) is 2.54. The molecule has 1 aromatic carbocycles. The van der Waals surface area contributed by atoms with E-state index in [1.807, 2.05) is 13.8 Å². The molecule has 0 aliphatic carbocycles. The van der Waals surface area contributed by atoms with Gasteiger partial charge in [-0.2, -0.15) is 0 Å². The lowest BCUT2D eigenvalue weighted by Crippen LogP contribution is -2.42. The second-order valence-electron chi connectivity index (χ2n) is 6.16. The lowest BCUT2D eigenvalue weighted by atomic mass is 9.83. The van der Waals surface area contributed by atoms with Crippen LogP contribution in [0.3, 0.4) is 0 Å². The largest absolute Gasteiger partial charge is 0.497 e. The zero-order valence-corrected chi connectivity index (χ0v) is 13.6. The van der Waals surface area contributed by atoms with E-state index in [-0.39, 0.29) is 17.2 Å². The summed E-state index contributed by atoms with van der Waals surface area (Å²) in [6, 6.07) is 4.05. The molecule has 0 radical (unpaired) electrons. The molecule has 1 fully saturated rings. The molecule has 0 unspecified atom stereocenters. The van der Waals surface area contributed by atoms with E-state index in [0.717, 1.165) is 25.9 Å². The van der Waals surface area contributed by atoms with E-state index in [2.05, 4.69) is 5.32 Å². The summed E-state index contributed by atoms with van der Waals surface area (Å²) < 4.78 is 10.7. The summed E-state index contributed by atoms with van der Waals surface area (Å²) in [5.74, 6) is -0.0984. The minimum Gasteiger partial charge on any atom is -0.497 e. The minimum absolute atomic E-state index is 0.0867. The Kier molecular flexibility index (Phi) is 5.20. The first kappa shape index (κ1) is 17.2. The van der Waals surface area contributed by atoms with E-state index < -0.39 is 16.5 Å². The van der Waals surface area contributed by atoms with Crippen molar-refractivity contribution in [3.8, 4) is 5.75 Å². The predicted octanol–water partition coefficient (Wildman–Crippen LogP) is 2.54. The van der Waals surface area contributed by atoms with Crippen LogP contribution in [0.25, 0.3) is 0 Å². The fraction of sp³-hybridized carbons (Fsp3) is 0.562. The number of benzene rings is 1. The first-order chi connectivity index (χ1) is 10.8. The Labute approximate surface area is 135 Å². The third-order valence-electron chi connectivity index (χ3n) is 4.30. The van der Waals surface area contributed by atoms with E-state index in [4.69, 9.17) is 9.47 Å². The standard InChI is InChI=1S/C16H22N2O5/c1-16(2,11-6-8-17-9-7-11)23-15(19)13-10-12(22-3)4-5-14(13)18(20)21/h4-5,10-11,17H,6-9H2,1-3H3. The van der Waals surface area contributed by atoms with Crippen molar-refractivity contribution in [3.05, 3.63) is 33.9 Å². The van der Waals surface area contributed by atoms with Crippen LogP contribution in [0.15, 0.2) is 18.2 Å². The van der Waals surface area contributed by atoms with E-state index >= 15 is 0 Å². The minimum atomic E-state index is -0.695. The second kappa shape index (κ2) is 6.95. The van der Waals surface area contributed by atoms with Gasteiger partial charge in [0.25, 0.3) is 5.69 Å². The Bertz CT molecular complexity index is 594. The number of carbonyl (C=O) groups excluding carboxylic acids is 1. The van der Waals surface area contributed by atoms with E-state index in [1.54, 1.807) is 0 Å². The molecule has 2 rings (SSSR count). The Morgan fingerprint density at radius 3 is 2.57 bits per heavy atom. The van der Waals surface area contributed by atoms with Gasteiger partial charge in [0.2, 0.25) is 0 Å². The lowest BCUT2D eigenvalue weighted by Gasteiger charge is -2.36. The number of esters is 1. The highest BCUT2D eigenvalue weighted by Gasteiger charge is 2.36. The summed E-state index contributed by atoms with van der Waals surface area (Å²) in [5.41, 5.74) is -1.05. The van der Waals surface area contributed by atoms with Gasteiger partial charge in [-0.15, -0.1) is 0 Å². The molecule has 0 atom stereocenters. The van der Waals surface area contributed by atoms with Gasteiger partial charge in [0.05, 0.1) is 12.0 Å². The number of nitro benzene ring substituents is 1. The molecule has 0 spiro atoms. The first-order valence-corrected chi connectivity index (χ1v) is 7.61. The molecule has 1 aliphatic heterocycles. The Morgan fingerprint density at radius 2 is 2.00 bits per heavy atom. The van der Waals surface area contributed by atoms with Crippen molar-refractivity contribution >= 4 is 11.7 Å². The smallest absolute Gasteiger partial charge is 0.345 e. The third kappa shape index (κ3) is 3.98. The van der Waals surface area contributed by atoms with Crippen LogP contribution in [-0.2, 0) is 4.74 Å². The molecule has 1 saturated heterocycles. The van der Waals surface area contributed by atoms with E-state index in [9.17, 15) is 14.9 Å². The Balaban J connectivity index is 2.23. The number of nitro groups is 1. The van der Waals surface area contributed by atoms with Crippen LogP contribution in [-0.4, -0.2) is 36.7 Å². The van der Waals surface area contributed by atoms with Gasteiger partial charge in [-0.25, -0.2) is 4.79 Å². The van der Waals surface area contributed by atoms with Gasteiger partial charge in [0, 0.05) is 18.1 Å². The van der Waals surface area contributed by atoms with Crippen LogP contribution in [0.1, 0.15) is 37.0 Å². The summed E-state index contributed by atoms with van der Waals surface area (Å²) in [5, 5.41) is 14.4. The topological polar surface area (TPSA) is 90.7 Å². The number of nitrogens with zero attached hydrogens (tertiary/aromatic N) is 1. The average molecular weight is 322 g/mol. The summed E-state index contributed by atoms with van der Waals surface area (Å²) in [7, 11) is 1.44. The summed E-state index contributed by atoms with van der Waals surface area (Å²) >= 11 is 0. The van der Waals surface area contributed by atoms with Crippen molar-refractivity contribution in [1.82, 2.24) is 5.32 Å². The molecule has 0 amide bonds. The molecule has 0 bridgehead atoms. The van der Waals surface area contributed by atoms with Crippen molar-refractivity contribution in [2.75, 3.05) is 20.2 Å². The number of methoxy groups -OCH3 is 1. The lowest BCUT2D eigenvalue weighted by molar-refractivity contribution is -0.385. The number of ether oxygens (including phenoxy) is 2. The van der Waals surface area contributed by atoms with Crippen LogP contribution in [0, 0.1) is 16.0 Å². The molecule has 7 heteroatoms. The number of carbonyl (C=O) groups is 1. The zero-order valence-electron chi connectivity index (χ0n) is 13.6. The Morgan fingerprint density at radius 1 is 1.35 bits per heavy atom. The molecule has 0 saturated carbocycles. The molecule has 126 valence electrons. The van der Waals surface area contributed by atoms with Crippen molar-refractivity contribution in [3.63, 3.8) is 0 Å². The fourth-order valence-corrected chi connectivity index (χ4v) is 2.86. The third-order valence-corrected chi connectivity index (χ3v) is 4.30. The zero-order chi connectivity index (χ0) is 17.0. The molecule has 7 nitrogen and oxygen atoms in total. The predicted molar refractivity (Wildman–Crippen MR) is 84.7 cm³/mol. The monoisotopic (exact) mass is 322 g/mol. The van der Waals surface area contributed by atoms with Gasteiger partial charge in [0.15, 0.2) is 0 Å². The molecular formula is C16H22N2O5. The maximum absolute atomic E-state index is 12.5. The fourth-order valence-electron chi connectivity index (χ4n) is 2.86. The number of nitrogens with one attached hydrogen (secondary N) is 1. The molecule has 1 N–H and O–H groups in total. The van der Waals surface area contributed by atoms with Gasteiger partial charge in [0.1, 0.15) is 16.9 Å². The number of hydrogen-bond acceptors (Lipinski definition) is 6. The van der Waals surface area contributed by atoms with Crippen LogP contribution in [0.2, 0.25) is 0 Å². The van der Waals surface area contributed by atoms with Crippen LogP contribution < -0.4 is 10.1 Å². The van der Waals surface area contributed by atoms with E-state index in [0.29, 0.717) is 5.75 Å². The van der Waals surface area contributed by atoms with Crippen LogP contribution >= 0.6 is 0 Å². The van der Waals surface area contributed by atoms with E-state index in [1.165, 1.54) is 25.3 Å². The van der Waals surface area contributed by atoms with Crippen LogP contribution in [0.5, 0.6) is 5.75 Å². The van der Waals surface area contributed by atoms with Gasteiger partial charge < -0.3 is 14.8 Å². The normalized spacial score (nSPS) is 16.0. The van der Waals surface area contributed by atoms with Crippen LogP contribution in [0.4, 0.5) is 5.69 Å². The van der Waals surface area contributed by atoms with Gasteiger partial charge >= 0.3 is 5.97 Å².